The fourth-order valence-electron chi connectivity index (χ4n) is 2.16. The van der Waals surface area contributed by atoms with Crippen LogP contribution in [0.4, 0.5) is 17.5 Å². The van der Waals surface area contributed by atoms with Crippen LogP contribution in [0.3, 0.4) is 0 Å². The second kappa shape index (κ2) is 7.62. The predicted molar refractivity (Wildman–Crippen MR) is 89.3 cm³/mol. The van der Waals surface area contributed by atoms with Gasteiger partial charge in [-0.15, -0.1) is 0 Å². The highest BCUT2D eigenvalue weighted by Crippen LogP contribution is 2.22. The van der Waals surface area contributed by atoms with Gasteiger partial charge in [-0.1, -0.05) is 38.0 Å². The minimum absolute atomic E-state index is 0.712. The Morgan fingerprint density at radius 2 is 1.86 bits per heavy atom. The van der Waals surface area contributed by atoms with Crippen molar-refractivity contribution in [2.45, 2.75) is 33.1 Å². The molecule has 1 aromatic heterocycles. The number of benzene rings is 1. The number of nitrogens with zero attached hydrogens (tertiary/aromatic N) is 3. The molecule has 0 atom stereocenters. The average molecular weight is 284 g/mol. The third kappa shape index (κ3) is 4.45. The minimum Gasteiger partial charge on any atom is -0.354 e. The van der Waals surface area contributed by atoms with Crippen molar-refractivity contribution in [3.05, 3.63) is 42.1 Å². The highest BCUT2D eigenvalue weighted by Gasteiger charge is 2.08. The summed E-state index contributed by atoms with van der Waals surface area (Å²) >= 11 is 0. The van der Waals surface area contributed by atoms with Crippen LogP contribution < -0.4 is 10.2 Å². The molecule has 1 N–H and O–H groups in total. The number of nitrogens with one attached hydrogen (secondary N) is 1. The first-order valence-electron chi connectivity index (χ1n) is 7.59. The third-order valence-corrected chi connectivity index (χ3v) is 3.39. The van der Waals surface area contributed by atoms with E-state index in [4.69, 9.17) is 0 Å². The van der Waals surface area contributed by atoms with Crippen molar-refractivity contribution in [3.63, 3.8) is 0 Å². The molecule has 2 aromatic rings. The molecule has 0 aliphatic heterocycles. The molecule has 0 aliphatic rings. The standard InChI is InChI=1S/C17H24N4/c1-4-5-9-12-18-17-19-14(2)13-16(20-17)21(3)15-10-7-6-8-11-15/h6-8,10-11,13H,4-5,9,12H2,1-3H3,(H,18,19,20). The van der Waals surface area contributed by atoms with Crippen molar-refractivity contribution in [2.75, 3.05) is 23.8 Å². The normalized spacial score (nSPS) is 10.4. The summed E-state index contributed by atoms with van der Waals surface area (Å²) in [7, 11) is 2.03. The van der Waals surface area contributed by atoms with Gasteiger partial charge < -0.3 is 10.2 Å². The Hall–Kier alpha value is -2.10. The highest BCUT2D eigenvalue weighted by molar-refractivity contribution is 5.60. The maximum atomic E-state index is 4.61. The number of hydrogen-bond donors (Lipinski definition) is 1. The van der Waals surface area contributed by atoms with Gasteiger partial charge in [-0.2, -0.15) is 4.98 Å². The summed E-state index contributed by atoms with van der Waals surface area (Å²) < 4.78 is 0. The molecule has 4 heteroatoms. The monoisotopic (exact) mass is 284 g/mol. The van der Waals surface area contributed by atoms with Gasteiger partial charge in [-0.25, -0.2) is 4.98 Å². The molecular formula is C17H24N4. The van der Waals surface area contributed by atoms with Crippen molar-refractivity contribution < 1.29 is 0 Å². The van der Waals surface area contributed by atoms with Gasteiger partial charge in [-0.05, 0) is 25.5 Å². The molecule has 0 saturated carbocycles. The van der Waals surface area contributed by atoms with Crippen LogP contribution in [0.5, 0.6) is 0 Å². The van der Waals surface area contributed by atoms with Gasteiger partial charge >= 0.3 is 0 Å². The lowest BCUT2D eigenvalue weighted by atomic mass is 10.2. The second-order valence-electron chi connectivity index (χ2n) is 5.22. The van der Waals surface area contributed by atoms with E-state index in [1.54, 1.807) is 0 Å². The Morgan fingerprint density at radius 1 is 1.10 bits per heavy atom. The maximum absolute atomic E-state index is 4.61. The molecule has 0 saturated heterocycles. The van der Waals surface area contributed by atoms with Gasteiger partial charge in [0.25, 0.3) is 0 Å². The van der Waals surface area contributed by atoms with Gasteiger partial charge in [0.2, 0.25) is 5.95 Å². The largest absolute Gasteiger partial charge is 0.354 e. The molecule has 0 unspecified atom stereocenters. The molecule has 0 radical (unpaired) electrons. The zero-order valence-electron chi connectivity index (χ0n) is 13.1. The Morgan fingerprint density at radius 3 is 2.57 bits per heavy atom. The molecule has 112 valence electrons. The quantitative estimate of drug-likeness (QED) is 0.775. The topological polar surface area (TPSA) is 41.1 Å². The van der Waals surface area contributed by atoms with Crippen LogP contribution in [0.25, 0.3) is 0 Å². The molecule has 1 heterocycles. The molecule has 0 aliphatic carbocycles. The summed E-state index contributed by atoms with van der Waals surface area (Å²) in [5.74, 6) is 1.62. The first-order chi connectivity index (χ1) is 10.2. The molecular weight excluding hydrogens is 260 g/mol. The fourth-order valence-corrected chi connectivity index (χ4v) is 2.16. The van der Waals surface area contributed by atoms with Crippen LogP contribution >= 0.6 is 0 Å². The number of para-hydroxylation sites is 1. The molecule has 0 amide bonds. The minimum atomic E-state index is 0.712. The van der Waals surface area contributed by atoms with Crippen LogP contribution in [-0.2, 0) is 0 Å². The maximum Gasteiger partial charge on any atom is 0.224 e. The summed E-state index contributed by atoms with van der Waals surface area (Å²) in [6, 6.07) is 12.2. The Kier molecular flexibility index (Phi) is 5.55. The molecule has 0 spiro atoms. The van der Waals surface area contributed by atoms with Gasteiger partial charge in [-0.3, -0.25) is 0 Å². The lowest BCUT2D eigenvalue weighted by Gasteiger charge is -2.19. The summed E-state index contributed by atoms with van der Waals surface area (Å²) in [6.07, 6.45) is 3.60. The average Bonchev–Trinajstić information content (AvgIpc) is 2.51. The van der Waals surface area contributed by atoms with Gasteiger partial charge in [0.05, 0.1) is 0 Å². The van der Waals surface area contributed by atoms with Crippen LogP contribution in [-0.4, -0.2) is 23.6 Å². The number of anilines is 3. The number of hydrogen-bond acceptors (Lipinski definition) is 4. The molecule has 21 heavy (non-hydrogen) atoms. The smallest absolute Gasteiger partial charge is 0.224 e. The van der Waals surface area contributed by atoms with E-state index in [1.165, 1.54) is 12.8 Å². The first-order valence-corrected chi connectivity index (χ1v) is 7.59. The van der Waals surface area contributed by atoms with Gasteiger partial charge in [0.1, 0.15) is 5.82 Å². The van der Waals surface area contributed by atoms with E-state index in [2.05, 4.69) is 39.2 Å². The van der Waals surface area contributed by atoms with E-state index in [1.807, 2.05) is 38.2 Å². The lowest BCUT2D eigenvalue weighted by molar-refractivity contribution is 0.740. The molecule has 2 rings (SSSR count). The molecule has 1 aromatic carbocycles. The lowest BCUT2D eigenvalue weighted by Crippen LogP contribution is -2.14. The fraction of sp³-hybridized carbons (Fsp3) is 0.412. The van der Waals surface area contributed by atoms with Crippen molar-refractivity contribution in [1.82, 2.24) is 9.97 Å². The highest BCUT2D eigenvalue weighted by atomic mass is 15.2. The zero-order valence-corrected chi connectivity index (χ0v) is 13.1. The summed E-state index contributed by atoms with van der Waals surface area (Å²) in [5.41, 5.74) is 2.09. The molecule has 4 nitrogen and oxygen atoms in total. The molecule has 0 bridgehead atoms. The number of rotatable bonds is 7. The van der Waals surface area contributed by atoms with Crippen molar-refractivity contribution in [2.24, 2.45) is 0 Å². The molecule has 0 fully saturated rings. The third-order valence-electron chi connectivity index (χ3n) is 3.39. The Balaban J connectivity index is 2.11. The summed E-state index contributed by atoms with van der Waals surface area (Å²) in [5, 5.41) is 3.32. The predicted octanol–water partition coefficient (Wildman–Crippen LogP) is 4.16. The van der Waals surface area contributed by atoms with Crippen molar-refractivity contribution in [1.29, 1.82) is 0 Å². The van der Waals surface area contributed by atoms with E-state index in [0.717, 1.165) is 30.2 Å². The van der Waals surface area contributed by atoms with Crippen LogP contribution in [0.1, 0.15) is 31.9 Å². The van der Waals surface area contributed by atoms with Crippen molar-refractivity contribution >= 4 is 17.5 Å². The van der Waals surface area contributed by atoms with E-state index in [0.29, 0.717) is 5.95 Å². The van der Waals surface area contributed by atoms with Crippen molar-refractivity contribution in [3.8, 4) is 0 Å². The van der Waals surface area contributed by atoms with E-state index < -0.39 is 0 Å². The zero-order chi connectivity index (χ0) is 15.1. The number of aryl methyl sites for hydroxylation is 1. The van der Waals surface area contributed by atoms with E-state index in [9.17, 15) is 0 Å². The SMILES string of the molecule is CCCCCNc1nc(C)cc(N(C)c2ccccc2)n1. The van der Waals surface area contributed by atoms with Crippen LogP contribution in [0.15, 0.2) is 36.4 Å². The summed E-state index contributed by atoms with van der Waals surface area (Å²) in [6.45, 7) is 5.13. The Bertz CT molecular complexity index is 554. The first kappa shape index (κ1) is 15.3. The van der Waals surface area contributed by atoms with Gasteiger partial charge in [0.15, 0.2) is 0 Å². The van der Waals surface area contributed by atoms with Crippen LogP contribution in [0.2, 0.25) is 0 Å². The van der Waals surface area contributed by atoms with Gasteiger partial charge in [0, 0.05) is 31.0 Å². The number of aromatic nitrogens is 2. The van der Waals surface area contributed by atoms with E-state index in [-0.39, 0.29) is 0 Å². The van der Waals surface area contributed by atoms with Crippen LogP contribution in [0, 0.1) is 6.92 Å². The number of unbranched alkanes of at least 4 members (excludes halogenated alkanes) is 2. The Labute approximate surface area is 127 Å². The van der Waals surface area contributed by atoms with E-state index >= 15 is 0 Å². The summed E-state index contributed by atoms with van der Waals surface area (Å²) in [4.78, 5) is 11.1. The second-order valence-corrected chi connectivity index (χ2v) is 5.22.